The molecule has 0 aliphatic heterocycles. The molecule has 1 atom stereocenters. The SMILES string of the molecule is CCC1C2=C1C2C(C)N. The van der Waals surface area contributed by atoms with E-state index in [9.17, 15) is 0 Å². The average Bonchev–Trinajstić information content (AvgIpc) is 2.47. The minimum Gasteiger partial charge on any atom is -0.327 e. The van der Waals surface area contributed by atoms with Crippen molar-refractivity contribution >= 4 is 0 Å². The van der Waals surface area contributed by atoms with E-state index < -0.39 is 0 Å². The third-order valence-corrected chi connectivity index (χ3v) is 2.52. The molecule has 0 fully saturated rings. The maximum absolute atomic E-state index is 5.69. The summed E-state index contributed by atoms with van der Waals surface area (Å²) < 4.78 is 0. The fourth-order valence-electron chi connectivity index (χ4n) is 1.93. The lowest BCUT2D eigenvalue weighted by molar-refractivity contribution is 0.540. The van der Waals surface area contributed by atoms with Crippen LogP contribution in [0.2, 0.25) is 0 Å². The molecule has 0 aromatic carbocycles. The molecule has 2 N–H and O–H groups in total. The van der Waals surface area contributed by atoms with Crippen LogP contribution in [0, 0.1) is 11.8 Å². The molecule has 0 heterocycles. The highest BCUT2D eigenvalue weighted by Gasteiger charge is 2.58. The Morgan fingerprint density at radius 1 is 1.56 bits per heavy atom. The van der Waals surface area contributed by atoms with Crippen LogP contribution < -0.4 is 5.73 Å². The van der Waals surface area contributed by atoms with Crippen molar-refractivity contribution in [3.8, 4) is 0 Å². The van der Waals surface area contributed by atoms with Gasteiger partial charge in [-0.1, -0.05) is 18.1 Å². The molecule has 1 nitrogen and oxygen atoms in total. The van der Waals surface area contributed by atoms with E-state index in [-0.39, 0.29) is 0 Å². The molecule has 2 aliphatic rings. The van der Waals surface area contributed by atoms with E-state index in [0.717, 1.165) is 11.8 Å². The maximum atomic E-state index is 5.69. The Labute approximate surface area is 55.9 Å². The molecule has 0 radical (unpaired) electrons. The number of hydrogen-bond donors (Lipinski definition) is 1. The van der Waals surface area contributed by atoms with E-state index in [2.05, 4.69) is 13.8 Å². The van der Waals surface area contributed by atoms with E-state index in [0.29, 0.717) is 6.04 Å². The van der Waals surface area contributed by atoms with Crippen LogP contribution in [0.3, 0.4) is 0 Å². The third-order valence-electron chi connectivity index (χ3n) is 2.52. The van der Waals surface area contributed by atoms with E-state index in [1.54, 1.807) is 11.1 Å². The molecule has 1 heteroatoms. The zero-order valence-electron chi connectivity index (χ0n) is 6.02. The molecule has 0 spiro atoms. The largest absolute Gasteiger partial charge is 0.327 e. The van der Waals surface area contributed by atoms with E-state index >= 15 is 0 Å². The lowest BCUT2D eigenvalue weighted by Gasteiger charge is -2.16. The van der Waals surface area contributed by atoms with Crippen LogP contribution in [0.5, 0.6) is 0 Å². The van der Waals surface area contributed by atoms with Gasteiger partial charge in [-0.15, -0.1) is 0 Å². The smallest absolute Gasteiger partial charge is 0.0174 e. The van der Waals surface area contributed by atoms with Gasteiger partial charge in [0.05, 0.1) is 0 Å². The quantitative estimate of drug-likeness (QED) is 0.550. The maximum Gasteiger partial charge on any atom is 0.0174 e. The molecule has 1 unspecified atom stereocenters. The summed E-state index contributed by atoms with van der Waals surface area (Å²) in [5, 5.41) is 0. The minimum absolute atomic E-state index is 0.401. The summed E-state index contributed by atoms with van der Waals surface area (Å²) in [4.78, 5) is 0. The lowest BCUT2D eigenvalue weighted by atomic mass is 9.91. The molecular formula is C8H13N. The van der Waals surface area contributed by atoms with Crippen LogP contribution in [0.25, 0.3) is 0 Å². The minimum atomic E-state index is 0.401. The van der Waals surface area contributed by atoms with Crippen molar-refractivity contribution in [2.75, 3.05) is 0 Å². The first-order valence-corrected chi connectivity index (χ1v) is 3.76. The Bertz CT molecular complexity index is 165. The van der Waals surface area contributed by atoms with Crippen molar-refractivity contribution in [2.45, 2.75) is 26.3 Å². The molecule has 0 amide bonds. The second-order valence-electron chi connectivity index (χ2n) is 3.21. The molecule has 50 valence electrons. The fourth-order valence-corrected chi connectivity index (χ4v) is 1.93. The van der Waals surface area contributed by atoms with Crippen molar-refractivity contribution in [1.29, 1.82) is 0 Å². The third kappa shape index (κ3) is 0.531. The topological polar surface area (TPSA) is 26.0 Å². The van der Waals surface area contributed by atoms with Gasteiger partial charge in [-0.25, -0.2) is 0 Å². The van der Waals surface area contributed by atoms with Gasteiger partial charge >= 0.3 is 0 Å². The first-order chi connectivity index (χ1) is 4.27. The van der Waals surface area contributed by atoms with E-state index in [4.69, 9.17) is 5.73 Å². The number of rotatable bonds is 2. The Balaban J connectivity index is 1.82. The molecule has 2 rings (SSSR count). The van der Waals surface area contributed by atoms with Gasteiger partial charge in [0.25, 0.3) is 0 Å². The Morgan fingerprint density at radius 2 is 2.11 bits per heavy atom. The zero-order valence-corrected chi connectivity index (χ0v) is 6.02. The van der Waals surface area contributed by atoms with Crippen molar-refractivity contribution in [1.82, 2.24) is 0 Å². The summed E-state index contributed by atoms with van der Waals surface area (Å²) in [6.07, 6.45) is 1.31. The Kier molecular flexibility index (Phi) is 0.854. The molecule has 0 aromatic rings. The summed E-state index contributed by atoms with van der Waals surface area (Å²) in [5.41, 5.74) is 9.10. The Hall–Kier alpha value is -0.300. The number of hydrogen-bond acceptors (Lipinski definition) is 1. The second-order valence-corrected chi connectivity index (χ2v) is 3.21. The highest BCUT2D eigenvalue weighted by Crippen LogP contribution is 2.67. The van der Waals surface area contributed by atoms with E-state index in [1.165, 1.54) is 6.42 Å². The van der Waals surface area contributed by atoms with Gasteiger partial charge in [0.15, 0.2) is 0 Å². The second kappa shape index (κ2) is 1.40. The summed E-state index contributed by atoms with van der Waals surface area (Å²) in [5.74, 6) is 1.68. The predicted octanol–water partition coefficient (Wildman–Crippen LogP) is 1.30. The average molecular weight is 123 g/mol. The summed E-state index contributed by atoms with van der Waals surface area (Å²) in [6.45, 7) is 4.35. The normalized spacial score (nSPS) is 28.3. The fraction of sp³-hybridized carbons (Fsp3) is 0.750. The van der Waals surface area contributed by atoms with Crippen LogP contribution in [-0.2, 0) is 0 Å². The lowest BCUT2D eigenvalue weighted by Crippen LogP contribution is -2.25. The summed E-state index contributed by atoms with van der Waals surface area (Å²) in [6, 6.07) is 0.401. The zero-order chi connectivity index (χ0) is 6.59. The van der Waals surface area contributed by atoms with Gasteiger partial charge in [0, 0.05) is 17.9 Å². The molecule has 9 heavy (non-hydrogen) atoms. The van der Waals surface area contributed by atoms with Gasteiger partial charge in [-0.05, 0) is 13.3 Å². The highest BCUT2D eigenvalue weighted by molar-refractivity contribution is 5.64. The standard InChI is InChI=1S/C8H13N/c1-3-5-7-6(4(2)9)8(5)7/h4-6H,3,9H2,1-2H3. The Morgan fingerprint density at radius 3 is 2.44 bits per heavy atom. The van der Waals surface area contributed by atoms with Crippen molar-refractivity contribution in [3.05, 3.63) is 11.1 Å². The van der Waals surface area contributed by atoms with Gasteiger partial charge in [0.1, 0.15) is 0 Å². The van der Waals surface area contributed by atoms with Gasteiger partial charge in [-0.3, -0.25) is 0 Å². The van der Waals surface area contributed by atoms with Crippen LogP contribution in [0.4, 0.5) is 0 Å². The molecule has 0 saturated heterocycles. The first-order valence-electron chi connectivity index (χ1n) is 3.76. The molecular weight excluding hydrogens is 110 g/mol. The molecule has 0 bridgehead atoms. The van der Waals surface area contributed by atoms with Crippen LogP contribution in [-0.4, -0.2) is 6.04 Å². The van der Waals surface area contributed by atoms with Crippen molar-refractivity contribution in [3.63, 3.8) is 0 Å². The van der Waals surface area contributed by atoms with Crippen LogP contribution in [0.15, 0.2) is 11.1 Å². The highest BCUT2D eigenvalue weighted by atomic mass is 14.7. The van der Waals surface area contributed by atoms with Crippen LogP contribution in [0.1, 0.15) is 20.3 Å². The molecule has 0 saturated carbocycles. The van der Waals surface area contributed by atoms with Crippen molar-refractivity contribution in [2.24, 2.45) is 17.6 Å². The number of nitrogens with two attached hydrogens (primary N) is 1. The molecule has 0 aromatic heterocycles. The molecule has 2 aliphatic carbocycles. The summed E-state index contributed by atoms with van der Waals surface area (Å²) >= 11 is 0. The van der Waals surface area contributed by atoms with Gasteiger partial charge in [0.2, 0.25) is 0 Å². The monoisotopic (exact) mass is 123 g/mol. The van der Waals surface area contributed by atoms with Crippen molar-refractivity contribution < 1.29 is 0 Å². The van der Waals surface area contributed by atoms with Gasteiger partial charge in [-0.2, -0.15) is 0 Å². The first kappa shape index (κ1) is 5.48. The van der Waals surface area contributed by atoms with Gasteiger partial charge < -0.3 is 5.73 Å². The summed E-state index contributed by atoms with van der Waals surface area (Å²) in [7, 11) is 0. The predicted molar refractivity (Wildman–Crippen MR) is 37.9 cm³/mol. The van der Waals surface area contributed by atoms with Crippen LogP contribution >= 0.6 is 0 Å². The van der Waals surface area contributed by atoms with E-state index in [1.807, 2.05) is 0 Å².